The zero-order valence-corrected chi connectivity index (χ0v) is 16.1. The molecule has 0 fully saturated rings. The summed E-state index contributed by atoms with van der Waals surface area (Å²) in [6.45, 7) is 3.16. The molecule has 4 rings (SSSR count). The highest BCUT2D eigenvalue weighted by Gasteiger charge is 2.18. The standard InChI is InChI=1S/C21H22N4O3/c1-13-5-4-6-18-24-19(20(25(13)18)22-9-10-27-2)16-11-14-7-8-15(28-3)12-17(14)23-21(16)26/h4-8,11-12,22H,9-10H2,1-3H3,(H,23,26). The average Bonchev–Trinajstić information content (AvgIpc) is 3.07. The van der Waals surface area contributed by atoms with E-state index in [9.17, 15) is 4.79 Å². The number of ether oxygens (including phenoxy) is 2. The first kappa shape index (κ1) is 18.1. The number of hydrogen-bond acceptors (Lipinski definition) is 5. The van der Waals surface area contributed by atoms with Gasteiger partial charge in [-0.3, -0.25) is 9.20 Å². The molecular formula is C21H22N4O3. The summed E-state index contributed by atoms with van der Waals surface area (Å²) >= 11 is 0. The molecule has 0 aliphatic carbocycles. The van der Waals surface area contributed by atoms with E-state index in [1.807, 2.05) is 53.8 Å². The Labute approximate surface area is 161 Å². The molecule has 0 bridgehead atoms. The number of aryl methyl sites for hydroxylation is 1. The van der Waals surface area contributed by atoms with Crippen molar-refractivity contribution in [3.8, 4) is 17.0 Å². The molecule has 0 amide bonds. The molecule has 0 spiro atoms. The first-order valence-electron chi connectivity index (χ1n) is 9.04. The maximum atomic E-state index is 12.9. The summed E-state index contributed by atoms with van der Waals surface area (Å²) in [5.41, 5.74) is 3.46. The van der Waals surface area contributed by atoms with Crippen LogP contribution in [0.25, 0.3) is 27.8 Å². The van der Waals surface area contributed by atoms with Crippen LogP contribution in [0.2, 0.25) is 0 Å². The minimum Gasteiger partial charge on any atom is -0.497 e. The number of H-pyrrole nitrogens is 1. The fourth-order valence-corrected chi connectivity index (χ4v) is 3.36. The van der Waals surface area contributed by atoms with Gasteiger partial charge < -0.3 is 19.8 Å². The molecule has 4 aromatic rings. The highest BCUT2D eigenvalue weighted by Crippen LogP contribution is 2.29. The summed E-state index contributed by atoms with van der Waals surface area (Å²) < 4.78 is 12.4. The van der Waals surface area contributed by atoms with E-state index in [0.717, 1.165) is 28.1 Å². The second-order valence-electron chi connectivity index (χ2n) is 6.55. The van der Waals surface area contributed by atoms with Gasteiger partial charge in [0.2, 0.25) is 0 Å². The molecule has 0 unspecified atom stereocenters. The maximum absolute atomic E-state index is 12.9. The van der Waals surface area contributed by atoms with Crippen molar-refractivity contribution in [2.75, 3.05) is 32.7 Å². The molecule has 0 radical (unpaired) electrons. The van der Waals surface area contributed by atoms with Crippen molar-refractivity contribution in [3.05, 3.63) is 58.5 Å². The zero-order chi connectivity index (χ0) is 19.7. The van der Waals surface area contributed by atoms with E-state index in [0.29, 0.717) is 30.2 Å². The second-order valence-corrected chi connectivity index (χ2v) is 6.55. The molecule has 3 aromatic heterocycles. The SMILES string of the molecule is COCCNc1c(-c2cc3ccc(OC)cc3[nH]c2=O)nc2cccc(C)n12. The van der Waals surface area contributed by atoms with Crippen LogP contribution in [0.3, 0.4) is 0 Å². The predicted molar refractivity (Wildman–Crippen MR) is 110 cm³/mol. The van der Waals surface area contributed by atoms with Gasteiger partial charge in [0, 0.05) is 25.4 Å². The predicted octanol–water partition coefficient (Wildman–Crippen LogP) is 3.22. The van der Waals surface area contributed by atoms with Crippen molar-refractivity contribution in [2.24, 2.45) is 0 Å². The van der Waals surface area contributed by atoms with Gasteiger partial charge in [0.05, 0.1) is 24.8 Å². The second kappa shape index (κ2) is 7.36. The monoisotopic (exact) mass is 378 g/mol. The van der Waals surface area contributed by atoms with Crippen molar-refractivity contribution in [1.29, 1.82) is 0 Å². The van der Waals surface area contributed by atoms with Crippen LogP contribution in [-0.2, 0) is 4.74 Å². The van der Waals surface area contributed by atoms with E-state index < -0.39 is 0 Å². The normalized spacial score (nSPS) is 11.2. The lowest BCUT2D eigenvalue weighted by molar-refractivity contribution is 0.210. The van der Waals surface area contributed by atoms with Crippen LogP contribution >= 0.6 is 0 Å². The van der Waals surface area contributed by atoms with Gasteiger partial charge in [-0.15, -0.1) is 0 Å². The number of benzene rings is 1. The van der Waals surface area contributed by atoms with E-state index in [-0.39, 0.29) is 5.56 Å². The number of aromatic amines is 1. The highest BCUT2D eigenvalue weighted by atomic mass is 16.5. The number of fused-ring (bicyclic) bond motifs is 2. The first-order chi connectivity index (χ1) is 13.6. The summed E-state index contributed by atoms with van der Waals surface area (Å²) in [6, 6.07) is 13.4. The molecule has 7 nitrogen and oxygen atoms in total. The Balaban J connectivity index is 1.92. The Morgan fingerprint density at radius 3 is 2.82 bits per heavy atom. The summed E-state index contributed by atoms with van der Waals surface area (Å²) in [4.78, 5) is 20.6. The van der Waals surface area contributed by atoms with E-state index in [1.165, 1.54) is 0 Å². The van der Waals surface area contributed by atoms with Gasteiger partial charge in [-0.05, 0) is 42.6 Å². The van der Waals surface area contributed by atoms with Gasteiger partial charge in [-0.25, -0.2) is 4.98 Å². The van der Waals surface area contributed by atoms with Crippen LogP contribution < -0.4 is 15.6 Å². The number of anilines is 1. The van der Waals surface area contributed by atoms with Gasteiger partial charge in [-0.1, -0.05) is 6.07 Å². The molecule has 0 saturated heterocycles. The number of imidazole rings is 1. The van der Waals surface area contributed by atoms with Crippen molar-refractivity contribution >= 4 is 22.4 Å². The Kier molecular flexibility index (Phi) is 4.75. The number of pyridine rings is 2. The molecule has 144 valence electrons. The lowest BCUT2D eigenvalue weighted by Crippen LogP contribution is -2.13. The zero-order valence-electron chi connectivity index (χ0n) is 16.1. The van der Waals surface area contributed by atoms with E-state index in [1.54, 1.807) is 14.2 Å². The molecule has 0 atom stereocenters. The Morgan fingerprint density at radius 2 is 2.04 bits per heavy atom. The fourth-order valence-electron chi connectivity index (χ4n) is 3.36. The fraction of sp³-hybridized carbons (Fsp3) is 0.238. The van der Waals surface area contributed by atoms with E-state index >= 15 is 0 Å². The third kappa shape index (κ3) is 3.10. The highest BCUT2D eigenvalue weighted by molar-refractivity contribution is 5.87. The third-order valence-corrected chi connectivity index (χ3v) is 4.75. The largest absolute Gasteiger partial charge is 0.497 e. The average molecular weight is 378 g/mol. The molecule has 28 heavy (non-hydrogen) atoms. The van der Waals surface area contributed by atoms with E-state index in [4.69, 9.17) is 14.5 Å². The first-order valence-corrected chi connectivity index (χ1v) is 9.04. The number of rotatable bonds is 6. The Bertz CT molecular complexity index is 1210. The van der Waals surface area contributed by atoms with Crippen molar-refractivity contribution < 1.29 is 9.47 Å². The Morgan fingerprint density at radius 1 is 1.18 bits per heavy atom. The summed E-state index contributed by atoms with van der Waals surface area (Å²) in [5, 5.41) is 4.28. The lowest BCUT2D eigenvalue weighted by atomic mass is 10.1. The molecule has 0 aliphatic heterocycles. The number of nitrogens with one attached hydrogen (secondary N) is 2. The number of hydrogen-bond donors (Lipinski definition) is 2. The van der Waals surface area contributed by atoms with Crippen molar-refractivity contribution in [2.45, 2.75) is 6.92 Å². The van der Waals surface area contributed by atoms with Crippen molar-refractivity contribution in [3.63, 3.8) is 0 Å². The smallest absolute Gasteiger partial charge is 0.258 e. The maximum Gasteiger partial charge on any atom is 0.258 e. The molecule has 3 heterocycles. The molecule has 7 heteroatoms. The topological polar surface area (TPSA) is 80.7 Å². The van der Waals surface area contributed by atoms with E-state index in [2.05, 4.69) is 10.3 Å². The minimum atomic E-state index is -0.198. The molecular weight excluding hydrogens is 356 g/mol. The van der Waals surface area contributed by atoms with Crippen LogP contribution in [0.1, 0.15) is 5.69 Å². The van der Waals surface area contributed by atoms with Crippen molar-refractivity contribution in [1.82, 2.24) is 14.4 Å². The molecule has 1 aromatic carbocycles. The van der Waals surface area contributed by atoms with Crippen LogP contribution in [0.15, 0.2) is 47.3 Å². The Hall–Kier alpha value is -3.32. The van der Waals surface area contributed by atoms with Crippen LogP contribution in [0.4, 0.5) is 5.82 Å². The van der Waals surface area contributed by atoms with Gasteiger partial charge >= 0.3 is 0 Å². The summed E-state index contributed by atoms with van der Waals surface area (Å²) in [7, 11) is 3.26. The van der Waals surface area contributed by atoms with Gasteiger partial charge in [0.1, 0.15) is 22.9 Å². The quantitative estimate of drug-likeness (QED) is 0.504. The minimum absolute atomic E-state index is 0.198. The lowest BCUT2D eigenvalue weighted by Gasteiger charge is -2.10. The third-order valence-electron chi connectivity index (χ3n) is 4.75. The van der Waals surface area contributed by atoms with Gasteiger partial charge in [0.25, 0.3) is 5.56 Å². The number of nitrogens with zero attached hydrogens (tertiary/aromatic N) is 2. The van der Waals surface area contributed by atoms with Gasteiger partial charge in [-0.2, -0.15) is 0 Å². The summed E-state index contributed by atoms with van der Waals surface area (Å²) in [6.07, 6.45) is 0. The molecule has 0 aliphatic rings. The molecule has 2 N–H and O–H groups in total. The number of aromatic nitrogens is 3. The van der Waals surface area contributed by atoms with Crippen LogP contribution in [0.5, 0.6) is 5.75 Å². The van der Waals surface area contributed by atoms with Crippen LogP contribution in [0, 0.1) is 6.92 Å². The van der Waals surface area contributed by atoms with Crippen LogP contribution in [-0.4, -0.2) is 41.7 Å². The van der Waals surface area contributed by atoms with Gasteiger partial charge in [0.15, 0.2) is 0 Å². The summed E-state index contributed by atoms with van der Waals surface area (Å²) in [5.74, 6) is 1.48. The molecule has 0 saturated carbocycles. The number of methoxy groups -OCH3 is 2.